The van der Waals surface area contributed by atoms with Gasteiger partial charge < -0.3 is 10.4 Å². The van der Waals surface area contributed by atoms with E-state index in [1.165, 1.54) is 6.07 Å². The number of imide groups is 1. The molecule has 2 bridgehead atoms. The molecular formula is C44H49F3N8O5. The Balaban J connectivity index is 0.862. The van der Waals surface area contributed by atoms with Crippen LogP contribution in [0.15, 0.2) is 59.5 Å². The van der Waals surface area contributed by atoms with Crippen molar-refractivity contribution in [2.75, 3.05) is 11.9 Å². The predicted octanol–water partition coefficient (Wildman–Crippen LogP) is 6.70. The predicted molar refractivity (Wildman–Crippen MR) is 217 cm³/mol. The number of para-hydroxylation sites is 1. The summed E-state index contributed by atoms with van der Waals surface area (Å²) in [7, 11) is 1.78. The van der Waals surface area contributed by atoms with Crippen molar-refractivity contribution in [3.05, 3.63) is 87.7 Å². The molecule has 4 atom stereocenters. The van der Waals surface area contributed by atoms with Gasteiger partial charge in [0.25, 0.3) is 5.91 Å². The first-order valence-electron chi connectivity index (χ1n) is 20.9. The van der Waals surface area contributed by atoms with E-state index in [2.05, 4.69) is 26.6 Å². The van der Waals surface area contributed by atoms with Crippen LogP contribution in [0.3, 0.4) is 0 Å². The summed E-state index contributed by atoms with van der Waals surface area (Å²) in [6, 6.07) is 13.0. The second kappa shape index (κ2) is 15.0. The van der Waals surface area contributed by atoms with Gasteiger partial charge in [0.05, 0.1) is 28.2 Å². The molecule has 3 amide bonds. The molecule has 4 aliphatic rings. The van der Waals surface area contributed by atoms with Gasteiger partial charge in [-0.2, -0.15) is 18.3 Å². The molecule has 3 aliphatic heterocycles. The molecule has 13 nitrogen and oxygen atoms in total. The maximum Gasteiger partial charge on any atom is 0.433 e. The van der Waals surface area contributed by atoms with Crippen molar-refractivity contribution in [2.45, 2.75) is 120 Å². The number of imidazole rings is 1. The second-order valence-corrected chi connectivity index (χ2v) is 17.8. The Bertz CT molecular complexity index is 2570. The number of amides is 3. The lowest BCUT2D eigenvalue weighted by Crippen LogP contribution is -2.45. The molecule has 0 spiro atoms. The van der Waals surface area contributed by atoms with Gasteiger partial charge >= 0.3 is 11.9 Å². The first-order chi connectivity index (χ1) is 28.5. The average Bonchev–Trinajstić information content (AvgIpc) is 3.81. The van der Waals surface area contributed by atoms with Gasteiger partial charge in [0, 0.05) is 54.9 Å². The molecule has 1 saturated carbocycles. The molecule has 2 aromatic carbocycles. The third-order valence-electron chi connectivity index (χ3n) is 13.5. The van der Waals surface area contributed by atoms with Crippen LogP contribution in [0.1, 0.15) is 123 Å². The van der Waals surface area contributed by atoms with Crippen molar-refractivity contribution >= 4 is 45.3 Å². The SMILES string of the molecule is Cn1c(=O)n(C2CCC(=O)NC2=O)c2cccc(C3C[C@H]4CC[C@@H](C3)N4C[C@H]3CC[C@H](n4cc5cc(NC(=O)c6cccc(C(F)(F)F)n6)c(C(C)(C)O)cc5n4)CC3)c21. The van der Waals surface area contributed by atoms with Crippen molar-refractivity contribution < 1.29 is 32.7 Å². The molecule has 6 heterocycles. The van der Waals surface area contributed by atoms with Crippen LogP contribution < -0.4 is 16.3 Å². The number of aromatic nitrogens is 5. The Labute approximate surface area is 343 Å². The molecule has 5 aromatic rings. The number of hydrogen-bond donors (Lipinski definition) is 3. The molecule has 3 saturated heterocycles. The molecule has 1 aliphatic carbocycles. The lowest BCUT2D eigenvalue weighted by Gasteiger charge is -2.42. The van der Waals surface area contributed by atoms with Crippen LogP contribution in [0.25, 0.3) is 21.9 Å². The summed E-state index contributed by atoms with van der Waals surface area (Å²) < 4.78 is 45.1. The van der Waals surface area contributed by atoms with Crippen LogP contribution in [-0.2, 0) is 28.4 Å². The topological polar surface area (TPSA) is 156 Å². The molecular weight excluding hydrogens is 778 g/mol. The van der Waals surface area contributed by atoms with E-state index in [0.717, 1.165) is 92.0 Å². The highest BCUT2D eigenvalue weighted by atomic mass is 19.4. The van der Waals surface area contributed by atoms with Crippen LogP contribution in [-0.4, -0.2) is 70.3 Å². The number of fused-ring (bicyclic) bond motifs is 4. The monoisotopic (exact) mass is 826 g/mol. The van der Waals surface area contributed by atoms with Crippen LogP contribution in [0.2, 0.25) is 0 Å². The fourth-order valence-corrected chi connectivity index (χ4v) is 10.5. The van der Waals surface area contributed by atoms with Gasteiger partial charge in [0.15, 0.2) is 0 Å². The Kier molecular flexibility index (Phi) is 10.0. The molecule has 9 rings (SSSR count). The number of anilines is 1. The van der Waals surface area contributed by atoms with Gasteiger partial charge in [0.2, 0.25) is 11.8 Å². The summed E-state index contributed by atoms with van der Waals surface area (Å²) in [4.78, 5) is 57.6. The largest absolute Gasteiger partial charge is 0.433 e. The Morgan fingerprint density at radius 1 is 0.933 bits per heavy atom. The molecule has 4 fully saturated rings. The summed E-state index contributed by atoms with van der Waals surface area (Å²) in [6.07, 6.45) is 6.06. The number of carbonyl (C=O) groups is 3. The molecule has 0 radical (unpaired) electrons. The molecule has 2 unspecified atom stereocenters. The van der Waals surface area contributed by atoms with Crippen molar-refractivity contribution in [1.29, 1.82) is 0 Å². The normalized spacial score (nSPS) is 25.2. The van der Waals surface area contributed by atoms with Crippen molar-refractivity contribution in [3.8, 4) is 0 Å². The van der Waals surface area contributed by atoms with Crippen LogP contribution in [0.5, 0.6) is 0 Å². The molecule has 16 heteroatoms. The van der Waals surface area contributed by atoms with E-state index >= 15 is 0 Å². The highest BCUT2D eigenvalue weighted by Crippen LogP contribution is 2.46. The quantitative estimate of drug-likeness (QED) is 0.146. The van der Waals surface area contributed by atoms with Gasteiger partial charge in [-0.1, -0.05) is 18.2 Å². The second-order valence-electron chi connectivity index (χ2n) is 17.8. The van der Waals surface area contributed by atoms with Crippen molar-refractivity contribution in [1.82, 2.24) is 34.1 Å². The van der Waals surface area contributed by atoms with Crippen LogP contribution >= 0.6 is 0 Å². The fourth-order valence-electron chi connectivity index (χ4n) is 10.5. The average molecular weight is 827 g/mol. The standard InChI is InChI=1S/C44H49F3N8O5/c1-43(2,60)31-21-33-26(20-34(31)49-40(57)32-7-5-9-37(48-32)44(45,46)47)23-54(51-33)27-12-10-24(11-13-27)22-53-28-14-15-29(53)19-25(18-28)30-6-4-8-35-39(30)52(3)42(59)55(35)36-16-17-38(56)50-41(36)58/h4-9,20-21,23-25,27-29,36,60H,10-19,22H2,1-3H3,(H,49,57)(H,50,56,58)/t24-,25?,27-,28-,29+,36?. The number of nitrogens with zero attached hydrogens (tertiary/aromatic N) is 6. The van der Waals surface area contributed by atoms with Crippen molar-refractivity contribution in [3.63, 3.8) is 0 Å². The lowest BCUT2D eigenvalue weighted by molar-refractivity contribution is -0.141. The van der Waals surface area contributed by atoms with Gasteiger partial charge in [-0.3, -0.25) is 38.4 Å². The number of hydrogen-bond acceptors (Lipinski definition) is 8. The number of carbonyl (C=O) groups excluding carboxylic acids is 3. The smallest absolute Gasteiger partial charge is 0.386 e. The molecule has 60 heavy (non-hydrogen) atoms. The van der Waals surface area contributed by atoms with Crippen molar-refractivity contribution in [2.24, 2.45) is 13.0 Å². The van der Waals surface area contributed by atoms with E-state index in [-0.39, 0.29) is 35.4 Å². The van der Waals surface area contributed by atoms with E-state index in [1.54, 1.807) is 42.2 Å². The maximum absolute atomic E-state index is 13.6. The highest BCUT2D eigenvalue weighted by Gasteiger charge is 2.43. The summed E-state index contributed by atoms with van der Waals surface area (Å²) in [5, 5.41) is 21.7. The maximum atomic E-state index is 13.6. The zero-order chi connectivity index (χ0) is 42.2. The third kappa shape index (κ3) is 7.31. The van der Waals surface area contributed by atoms with E-state index in [1.807, 2.05) is 23.0 Å². The summed E-state index contributed by atoms with van der Waals surface area (Å²) in [5.41, 5.74) is 0.884. The minimum Gasteiger partial charge on any atom is -0.386 e. The molecule has 3 N–H and O–H groups in total. The van der Waals surface area contributed by atoms with Gasteiger partial charge in [0.1, 0.15) is 17.4 Å². The van der Waals surface area contributed by atoms with E-state index in [0.29, 0.717) is 41.4 Å². The summed E-state index contributed by atoms with van der Waals surface area (Å²) >= 11 is 0. The van der Waals surface area contributed by atoms with Gasteiger partial charge in [-0.25, -0.2) is 9.78 Å². The van der Waals surface area contributed by atoms with Gasteiger partial charge in [-0.15, -0.1) is 0 Å². The fraction of sp³-hybridized carbons (Fsp3) is 0.500. The van der Waals surface area contributed by atoms with E-state index in [4.69, 9.17) is 5.10 Å². The number of piperidine rings is 2. The number of aliphatic hydroxyl groups is 1. The number of benzene rings is 2. The number of halogens is 3. The minimum atomic E-state index is -4.70. The minimum absolute atomic E-state index is 0.175. The Morgan fingerprint density at radius 2 is 1.63 bits per heavy atom. The van der Waals surface area contributed by atoms with Crippen LogP contribution in [0.4, 0.5) is 18.9 Å². The molecule has 316 valence electrons. The van der Waals surface area contributed by atoms with E-state index < -0.39 is 35.3 Å². The molecule has 3 aromatic heterocycles. The zero-order valence-corrected chi connectivity index (χ0v) is 33.8. The number of aryl methyl sites for hydroxylation is 1. The number of rotatable bonds is 8. The van der Waals surface area contributed by atoms with Gasteiger partial charge in [-0.05, 0) is 119 Å². The number of nitrogens with one attached hydrogen (secondary N) is 2. The lowest BCUT2D eigenvalue weighted by atomic mass is 9.82. The van der Waals surface area contributed by atoms with E-state index in [9.17, 15) is 37.5 Å². The first kappa shape index (κ1) is 40.1. The summed E-state index contributed by atoms with van der Waals surface area (Å²) in [6.45, 7) is 4.20. The Morgan fingerprint density at radius 3 is 2.32 bits per heavy atom. The number of alkyl halides is 3. The highest BCUT2D eigenvalue weighted by molar-refractivity contribution is 6.04. The zero-order valence-electron chi connectivity index (χ0n) is 33.8. The third-order valence-corrected chi connectivity index (χ3v) is 13.5. The summed E-state index contributed by atoms with van der Waals surface area (Å²) in [5.74, 6) is -0.720. The first-order valence-corrected chi connectivity index (χ1v) is 20.9. The number of pyridine rings is 1. The van der Waals surface area contributed by atoms with Crippen LogP contribution in [0, 0.1) is 5.92 Å². The Hall–Kier alpha value is -5.35.